The summed E-state index contributed by atoms with van der Waals surface area (Å²) in [5.74, 6) is 2.38. The molecule has 4 atom stereocenters. The summed E-state index contributed by atoms with van der Waals surface area (Å²) < 4.78 is 5.27. The van der Waals surface area contributed by atoms with Crippen LogP contribution in [0, 0.1) is 17.3 Å². The van der Waals surface area contributed by atoms with Gasteiger partial charge in [-0.1, -0.05) is 35.0 Å². The molecular weight excluding hydrogens is 426 g/mol. The van der Waals surface area contributed by atoms with Gasteiger partial charge in [-0.2, -0.15) is 0 Å². The first-order chi connectivity index (χ1) is 14.0. The normalized spacial score (nSPS) is 33.4. The molecule has 0 radical (unpaired) electrons. The molecule has 0 spiro atoms. The molecule has 1 aromatic rings. The standard InChI is InChI=1S/C25H32BrNO2/c1-17-15-21(27(24(17)28)20-9-11-22(29-3)12-10-20)8-6-19-7-13-23-18(16-26)5-4-14-25(19,23)2/h9-12,16,19,21,23H,1,4-8,13-15H2,2-3H3/b18-16+. The maximum absolute atomic E-state index is 12.8. The monoisotopic (exact) mass is 457 g/mol. The smallest absolute Gasteiger partial charge is 0.253 e. The van der Waals surface area contributed by atoms with Gasteiger partial charge in [-0.05, 0) is 97.9 Å². The lowest BCUT2D eigenvalue weighted by molar-refractivity contribution is -0.114. The Hall–Kier alpha value is -1.55. The molecule has 2 aliphatic carbocycles. The summed E-state index contributed by atoms with van der Waals surface area (Å²) in [6, 6.07) is 8.06. The predicted molar refractivity (Wildman–Crippen MR) is 122 cm³/mol. The number of halogens is 1. The number of hydrogen-bond donors (Lipinski definition) is 0. The molecule has 2 saturated carbocycles. The van der Waals surface area contributed by atoms with E-state index in [1.165, 1.54) is 38.5 Å². The van der Waals surface area contributed by atoms with E-state index in [2.05, 4.69) is 34.4 Å². The Morgan fingerprint density at radius 2 is 2.03 bits per heavy atom. The zero-order valence-corrected chi connectivity index (χ0v) is 19.2. The van der Waals surface area contributed by atoms with Crippen LogP contribution >= 0.6 is 15.9 Å². The van der Waals surface area contributed by atoms with E-state index in [-0.39, 0.29) is 11.9 Å². The van der Waals surface area contributed by atoms with Crippen molar-refractivity contribution in [2.75, 3.05) is 12.0 Å². The van der Waals surface area contributed by atoms with Crippen molar-refractivity contribution in [1.29, 1.82) is 0 Å². The molecule has 1 amide bonds. The molecule has 4 unspecified atom stereocenters. The molecule has 29 heavy (non-hydrogen) atoms. The van der Waals surface area contributed by atoms with Gasteiger partial charge in [0.1, 0.15) is 5.75 Å². The second-order valence-electron chi connectivity index (χ2n) is 9.28. The van der Waals surface area contributed by atoms with Crippen LogP contribution in [-0.2, 0) is 4.79 Å². The largest absolute Gasteiger partial charge is 0.497 e. The molecule has 156 valence electrons. The van der Waals surface area contributed by atoms with Crippen molar-refractivity contribution in [3.8, 4) is 5.75 Å². The third-order valence-corrected chi connectivity index (χ3v) is 8.46. The Morgan fingerprint density at radius 3 is 2.72 bits per heavy atom. The lowest BCUT2D eigenvalue weighted by Gasteiger charge is -2.42. The lowest BCUT2D eigenvalue weighted by atomic mass is 9.63. The summed E-state index contributed by atoms with van der Waals surface area (Å²) in [6.07, 6.45) is 9.55. The van der Waals surface area contributed by atoms with Crippen molar-refractivity contribution in [3.63, 3.8) is 0 Å². The van der Waals surface area contributed by atoms with Gasteiger partial charge in [0.2, 0.25) is 0 Å². The second kappa shape index (κ2) is 8.29. The Labute approximate surface area is 183 Å². The molecule has 3 aliphatic rings. The van der Waals surface area contributed by atoms with Gasteiger partial charge in [-0.25, -0.2) is 0 Å². The number of fused-ring (bicyclic) bond motifs is 1. The third kappa shape index (κ3) is 3.69. The van der Waals surface area contributed by atoms with Crippen LogP contribution in [0.15, 0.2) is 47.0 Å². The molecule has 4 heteroatoms. The molecule has 1 aliphatic heterocycles. The van der Waals surface area contributed by atoms with E-state index in [1.54, 1.807) is 12.7 Å². The van der Waals surface area contributed by atoms with E-state index in [4.69, 9.17) is 4.74 Å². The lowest BCUT2D eigenvalue weighted by Crippen LogP contribution is -2.36. The van der Waals surface area contributed by atoms with Crippen LogP contribution in [0.3, 0.4) is 0 Å². The van der Waals surface area contributed by atoms with Gasteiger partial charge in [-0.15, -0.1) is 0 Å². The van der Waals surface area contributed by atoms with Crippen molar-refractivity contribution < 1.29 is 9.53 Å². The molecule has 0 bridgehead atoms. The number of carbonyl (C=O) groups is 1. The number of rotatable bonds is 5. The fourth-order valence-electron chi connectivity index (χ4n) is 6.25. The molecule has 1 heterocycles. The molecule has 3 fully saturated rings. The Kier molecular flexibility index (Phi) is 5.92. The zero-order valence-electron chi connectivity index (χ0n) is 17.6. The van der Waals surface area contributed by atoms with Gasteiger partial charge in [0.05, 0.1) is 7.11 Å². The van der Waals surface area contributed by atoms with Gasteiger partial charge in [0.25, 0.3) is 5.91 Å². The van der Waals surface area contributed by atoms with Crippen molar-refractivity contribution in [2.24, 2.45) is 17.3 Å². The van der Waals surface area contributed by atoms with Crippen molar-refractivity contribution in [1.82, 2.24) is 0 Å². The number of allylic oxidation sites excluding steroid dienone is 1. The molecule has 0 N–H and O–H groups in total. The van der Waals surface area contributed by atoms with E-state index in [0.717, 1.165) is 41.7 Å². The number of anilines is 1. The minimum Gasteiger partial charge on any atom is -0.497 e. The predicted octanol–water partition coefficient (Wildman–Crippen LogP) is 6.63. The fraction of sp³-hybridized carbons (Fsp3) is 0.560. The fourth-order valence-corrected chi connectivity index (χ4v) is 6.79. The number of carbonyl (C=O) groups excluding carboxylic acids is 1. The van der Waals surface area contributed by atoms with Crippen LogP contribution in [0.25, 0.3) is 0 Å². The van der Waals surface area contributed by atoms with Gasteiger partial charge >= 0.3 is 0 Å². The number of benzene rings is 1. The highest BCUT2D eigenvalue weighted by molar-refractivity contribution is 9.11. The maximum atomic E-state index is 12.8. The van der Waals surface area contributed by atoms with Crippen LogP contribution in [0.4, 0.5) is 5.69 Å². The van der Waals surface area contributed by atoms with E-state index in [9.17, 15) is 4.79 Å². The van der Waals surface area contributed by atoms with E-state index in [1.807, 2.05) is 29.2 Å². The number of nitrogens with zero attached hydrogens (tertiary/aromatic N) is 1. The molecule has 1 saturated heterocycles. The van der Waals surface area contributed by atoms with Gasteiger partial charge in [0.15, 0.2) is 0 Å². The van der Waals surface area contributed by atoms with Gasteiger partial charge in [0, 0.05) is 17.3 Å². The highest BCUT2D eigenvalue weighted by Gasteiger charge is 2.49. The first kappa shape index (κ1) is 20.7. The number of hydrogen-bond acceptors (Lipinski definition) is 2. The topological polar surface area (TPSA) is 29.5 Å². The molecule has 0 aromatic heterocycles. The zero-order chi connectivity index (χ0) is 20.6. The van der Waals surface area contributed by atoms with Crippen LogP contribution in [0.2, 0.25) is 0 Å². The molecule has 4 rings (SSSR count). The average Bonchev–Trinajstić information content (AvgIpc) is 3.22. The first-order valence-corrected chi connectivity index (χ1v) is 11.8. The molecule has 1 aromatic carbocycles. The van der Waals surface area contributed by atoms with Crippen molar-refractivity contribution >= 4 is 27.5 Å². The minimum absolute atomic E-state index is 0.0813. The third-order valence-electron chi connectivity index (χ3n) is 7.87. The first-order valence-electron chi connectivity index (χ1n) is 10.9. The number of amides is 1. The van der Waals surface area contributed by atoms with Crippen LogP contribution in [0.1, 0.15) is 58.3 Å². The van der Waals surface area contributed by atoms with Gasteiger partial charge in [-0.3, -0.25) is 4.79 Å². The summed E-state index contributed by atoms with van der Waals surface area (Å²) in [6.45, 7) is 6.57. The van der Waals surface area contributed by atoms with Crippen molar-refractivity contribution in [3.05, 3.63) is 47.0 Å². The molecular formula is C25H32BrNO2. The molecule has 3 nitrogen and oxygen atoms in total. The minimum atomic E-state index is 0.0813. The van der Waals surface area contributed by atoms with Gasteiger partial charge < -0.3 is 9.64 Å². The summed E-state index contributed by atoms with van der Waals surface area (Å²) in [5.41, 5.74) is 3.73. The maximum Gasteiger partial charge on any atom is 0.253 e. The summed E-state index contributed by atoms with van der Waals surface area (Å²) in [4.78, 5) is 17.0. The van der Waals surface area contributed by atoms with E-state index in [0.29, 0.717) is 5.41 Å². The van der Waals surface area contributed by atoms with Crippen LogP contribution in [-0.4, -0.2) is 19.1 Å². The number of ether oxygens (including phenoxy) is 1. The summed E-state index contributed by atoms with van der Waals surface area (Å²) in [7, 11) is 1.66. The quantitative estimate of drug-likeness (QED) is 0.464. The van der Waals surface area contributed by atoms with Crippen molar-refractivity contribution in [2.45, 2.75) is 64.3 Å². The van der Waals surface area contributed by atoms with E-state index < -0.39 is 0 Å². The van der Waals surface area contributed by atoms with E-state index >= 15 is 0 Å². The number of methoxy groups -OCH3 is 1. The average molecular weight is 458 g/mol. The Balaban J connectivity index is 1.48. The highest BCUT2D eigenvalue weighted by atomic mass is 79.9. The Morgan fingerprint density at radius 1 is 1.28 bits per heavy atom. The Bertz CT molecular complexity index is 815. The van der Waals surface area contributed by atoms with Crippen LogP contribution in [0.5, 0.6) is 5.75 Å². The van der Waals surface area contributed by atoms with Crippen LogP contribution < -0.4 is 9.64 Å². The second-order valence-corrected chi connectivity index (χ2v) is 9.74. The highest BCUT2D eigenvalue weighted by Crippen LogP contribution is 2.59. The SMILES string of the molecule is C=C1CC(CCC2CCC3/C(=C/Br)CCCC23C)N(c2ccc(OC)cc2)C1=O. The summed E-state index contributed by atoms with van der Waals surface area (Å²) >= 11 is 3.62. The summed E-state index contributed by atoms with van der Waals surface area (Å²) in [5, 5.41) is 0.